The molecule has 2 aromatic rings. The van der Waals surface area contributed by atoms with Crippen molar-refractivity contribution in [1.82, 2.24) is 9.88 Å². The van der Waals surface area contributed by atoms with Crippen molar-refractivity contribution in [3.05, 3.63) is 59.4 Å². The second kappa shape index (κ2) is 9.40. The summed E-state index contributed by atoms with van der Waals surface area (Å²) in [5.74, 6) is -0.448. The van der Waals surface area contributed by atoms with Gasteiger partial charge in [-0.15, -0.1) is 0 Å². The first kappa shape index (κ1) is 24.5. The van der Waals surface area contributed by atoms with Crippen LogP contribution in [0.15, 0.2) is 42.6 Å². The van der Waals surface area contributed by atoms with Crippen molar-refractivity contribution in [2.75, 3.05) is 18.0 Å². The molecule has 0 saturated carbocycles. The molecule has 5 nitrogen and oxygen atoms in total. The predicted octanol–water partition coefficient (Wildman–Crippen LogP) is 5.34. The van der Waals surface area contributed by atoms with Crippen LogP contribution in [-0.4, -0.2) is 40.8 Å². The van der Waals surface area contributed by atoms with Crippen molar-refractivity contribution in [2.45, 2.75) is 44.6 Å². The van der Waals surface area contributed by atoms with Crippen LogP contribution in [0.2, 0.25) is 0 Å². The van der Waals surface area contributed by atoms with Gasteiger partial charge in [0.05, 0.1) is 30.0 Å². The summed E-state index contributed by atoms with van der Waals surface area (Å²) in [5.41, 5.74) is -1.61. The molecule has 3 rings (SSSR count). The Morgan fingerprint density at radius 2 is 1.82 bits per heavy atom. The van der Waals surface area contributed by atoms with E-state index in [1.807, 2.05) is 6.92 Å². The highest BCUT2D eigenvalue weighted by Crippen LogP contribution is 2.31. The van der Waals surface area contributed by atoms with E-state index in [2.05, 4.69) is 4.98 Å². The van der Waals surface area contributed by atoms with Gasteiger partial charge in [0.1, 0.15) is 5.69 Å². The Bertz CT molecular complexity index is 1000. The number of hydrogen-bond donors (Lipinski definition) is 0. The molecule has 0 N–H and O–H groups in total. The minimum absolute atomic E-state index is 0.163. The minimum atomic E-state index is -4.61. The number of aromatic nitrogens is 1. The van der Waals surface area contributed by atoms with Crippen LogP contribution in [0.3, 0.4) is 0 Å². The Labute approximate surface area is 186 Å². The van der Waals surface area contributed by atoms with Gasteiger partial charge in [-0.1, -0.05) is 31.5 Å². The molecule has 11 heteroatoms. The van der Waals surface area contributed by atoms with Gasteiger partial charge >= 0.3 is 18.4 Å². The van der Waals surface area contributed by atoms with Crippen LogP contribution in [-0.2, 0) is 23.6 Å². The second-order valence-electron chi connectivity index (χ2n) is 7.78. The molecule has 1 aromatic heterocycles. The summed E-state index contributed by atoms with van der Waals surface area (Å²) in [6, 6.07) is 5.42. The Balaban J connectivity index is 1.73. The molecule has 1 atom stereocenters. The molecule has 1 fully saturated rings. The summed E-state index contributed by atoms with van der Waals surface area (Å²) < 4.78 is 77.0. The van der Waals surface area contributed by atoms with Gasteiger partial charge in [-0.2, -0.15) is 26.3 Å². The lowest BCUT2D eigenvalue weighted by Gasteiger charge is -2.22. The van der Waals surface area contributed by atoms with E-state index in [1.165, 1.54) is 21.9 Å². The fraction of sp³-hybridized carbons (Fsp3) is 0.409. The summed E-state index contributed by atoms with van der Waals surface area (Å²) in [7, 11) is 0. The normalized spacial score (nSPS) is 17.1. The quantitative estimate of drug-likeness (QED) is 0.510. The SMILES string of the molecule is CCC[C@H]1CN(c2ccc(C(F)(F)F)nc2)C(=O)N1CC(=O)Cc1cccc(C(F)(F)F)c1. The molecule has 0 bridgehead atoms. The number of amides is 2. The highest BCUT2D eigenvalue weighted by atomic mass is 19.4. The number of carbonyl (C=O) groups excluding carboxylic acids is 2. The number of urea groups is 1. The van der Waals surface area contributed by atoms with Gasteiger partial charge in [-0.05, 0) is 30.2 Å². The van der Waals surface area contributed by atoms with Gasteiger partial charge in [0.25, 0.3) is 0 Å². The van der Waals surface area contributed by atoms with Crippen LogP contribution in [0.5, 0.6) is 0 Å². The van der Waals surface area contributed by atoms with Crippen molar-refractivity contribution in [3.8, 4) is 0 Å². The molecule has 1 saturated heterocycles. The van der Waals surface area contributed by atoms with Crippen LogP contribution in [0.1, 0.15) is 36.6 Å². The maximum absolute atomic E-state index is 12.9. The summed E-state index contributed by atoms with van der Waals surface area (Å²) in [4.78, 5) is 31.5. The number of benzene rings is 1. The number of nitrogens with zero attached hydrogens (tertiary/aromatic N) is 3. The number of anilines is 1. The number of rotatable bonds is 7. The maximum Gasteiger partial charge on any atom is 0.433 e. The van der Waals surface area contributed by atoms with Gasteiger partial charge in [0, 0.05) is 13.0 Å². The second-order valence-corrected chi connectivity index (χ2v) is 7.78. The van der Waals surface area contributed by atoms with E-state index in [0.29, 0.717) is 12.8 Å². The molecule has 0 unspecified atom stereocenters. The Hall–Kier alpha value is -3.11. The fourth-order valence-electron chi connectivity index (χ4n) is 3.74. The molecular formula is C22H21F6N3O2. The van der Waals surface area contributed by atoms with E-state index < -0.39 is 35.4 Å². The number of carbonyl (C=O) groups is 2. The van der Waals surface area contributed by atoms with Gasteiger partial charge in [0.2, 0.25) is 0 Å². The first-order valence-electron chi connectivity index (χ1n) is 10.2. The number of Topliss-reactive ketones (excluding diaryl/α,β-unsaturated/α-hetero) is 1. The van der Waals surface area contributed by atoms with E-state index in [4.69, 9.17) is 0 Å². The van der Waals surface area contributed by atoms with Crippen LogP contribution in [0.25, 0.3) is 0 Å². The zero-order valence-electron chi connectivity index (χ0n) is 17.6. The van der Waals surface area contributed by atoms with Gasteiger partial charge in [0.15, 0.2) is 5.78 Å². The van der Waals surface area contributed by atoms with Gasteiger partial charge < -0.3 is 4.90 Å². The third-order valence-electron chi connectivity index (χ3n) is 5.28. The minimum Gasteiger partial charge on any atom is -0.312 e. The van der Waals surface area contributed by atoms with E-state index in [-0.39, 0.29) is 36.8 Å². The van der Waals surface area contributed by atoms with E-state index in [1.54, 1.807) is 0 Å². The lowest BCUT2D eigenvalue weighted by Crippen LogP contribution is -2.39. The number of pyridine rings is 1. The van der Waals surface area contributed by atoms with Crippen molar-refractivity contribution < 1.29 is 35.9 Å². The molecule has 1 aliphatic heterocycles. The summed E-state index contributed by atoms with van der Waals surface area (Å²) in [6.07, 6.45) is -7.23. The van der Waals surface area contributed by atoms with Crippen LogP contribution < -0.4 is 4.90 Å². The Morgan fingerprint density at radius 3 is 2.39 bits per heavy atom. The lowest BCUT2D eigenvalue weighted by atomic mass is 10.0. The highest BCUT2D eigenvalue weighted by Gasteiger charge is 2.39. The first-order chi connectivity index (χ1) is 15.4. The molecular weight excluding hydrogens is 452 g/mol. The third-order valence-corrected chi connectivity index (χ3v) is 5.28. The maximum atomic E-state index is 12.9. The third kappa shape index (κ3) is 5.82. The molecule has 0 spiro atoms. The molecule has 2 heterocycles. The zero-order valence-corrected chi connectivity index (χ0v) is 17.6. The van der Waals surface area contributed by atoms with Crippen molar-refractivity contribution in [1.29, 1.82) is 0 Å². The molecule has 0 aliphatic carbocycles. The van der Waals surface area contributed by atoms with E-state index in [9.17, 15) is 35.9 Å². The zero-order chi connectivity index (χ0) is 24.4. The molecule has 1 aliphatic rings. The topological polar surface area (TPSA) is 53.5 Å². The van der Waals surface area contributed by atoms with Crippen molar-refractivity contribution in [3.63, 3.8) is 0 Å². The number of halogens is 6. The first-order valence-corrected chi connectivity index (χ1v) is 10.2. The molecule has 33 heavy (non-hydrogen) atoms. The highest BCUT2D eigenvalue weighted by molar-refractivity contribution is 5.97. The Morgan fingerprint density at radius 1 is 1.09 bits per heavy atom. The molecule has 178 valence electrons. The summed E-state index contributed by atoms with van der Waals surface area (Å²) in [6.45, 7) is 1.73. The van der Waals surface area contributed by atoms with Gasteiger partial charge in [-0.3, -0.25) is 9.69 Å². The lowest BCUT2D eigenvalue weighted by molar-refractivity contribution is -0.141. The van der Waals surface area contributed by atoms with E-state index in [0.717, 1.165) is 30.5 Å². The van der Waals surface area contributed by atoms with E-state index >= 15 is 0 Å². The number of alkyl halides is 6. The smallest absolute Gasteiger partial charge is 0.312 e. The van der Waals surface area contributed by atoms with Crippen LogP contribution >= 0.6 is 0 Å². The predicted molar refractivity (Wildman–Crippen MR) is 108 cm³/mol. The Kier molecular flexibility index (Phi) is 6.99. The average Bonchev–Trinajstić information content (AvgIpc) is 3.03. The monoisotopic (exact) mass is 473 g/mol. The van der Waals surface area contributed by atoms with Gasteiger partial charge in [-0.25, -0.2) is 9.78 Å². The van der Waals surface area contributed by atoms with Crippen LogP contribution in [0, 0.1) is 0 Å². The average molecular weight is 473 g/mol. The number of ketones is 1. The number of hydrogen-bond acceptors (Lipinski definition) is 3. The molecule has 1 aromatic carbocycles. The van der Waals surface area contributed by atoms with Crippen molar-refractivity contribution >= 4 is 17.5 Å². The summed E-state index contributed by atoms with van der Waals surface area (Å²) in [5, 5.41) is 0. The standard InChI is InChI=1S/C22H21F6N3O2/c1-2-4-17-12-30(16-7-8-19(29-11-16)22(26,27)28)20(33)31(17)13-18(32)10-14-5-3-6-15(9-14)21(23,24)25/h3,5-9,11,17H,2,4,10,12-13H2,1H3/t17-/m0/s1. The molecule has 2 amide bonds. The van der Waals surface area contributed by atoms with Crippen LogP contribution in [0.4, 0.5) is 36.8 Å². The van der Waals surface area contributed by atoms with Crippen molar-refractivity contribution in [2.24, 2.45) is 0 Å². The summed E-state index contributed by atoms with van der Waals surface area (Å²) >= 11 is 0. The fourth-order valence-corrected chi connectivity index (χ4v) is 3.74. The molecule has 0 radical (unpaired) electrons. The largest absolute Gasteiger partial charge is 0.433 e.